The highest BCUT2D eigenvalue weighted by atomic mass is 79.9. The van der Waals surface area contributed by atoms with Gasteiger partial charge in [-0.05, 0) is 182 Å². The number of nitrogens with zero attached hydrogens (tertiary/aromatic N) is 2. The highest BCUT2D eigenvalue weighted by Gasteiger charge is 2.51. The minimum Gasteiger partial charge on any atom is -0.399 e. The molecule has 0 aliphatic carbocycles. The van der Waals surface area contributed by atoms with E-state index in [2.05, 4.69) is 336 Å². The summed E-state index contributed by atoms with van der Waals surface area (Å²) in [5.74, 6) is 0. The first-order valence-electron chi connectivity index (χ1n) is 29.3. The topological polar surface area (TPSA) is 52.4 Å². The molecule has 418 valence electrons. The molecule has 86 heavy (non-hydrogen) atoms. The van der Waals surface area contributed by atoms with Crippen LogP contribution in [0.15, 0.2) is 308 Å². The van der Waals surface area contributed by atoms with Crippen LogP contribution in [0.5, 0.6) is 0 Å². The van der Waals surface area contributed by atoms with E-state index >= 15 is 0 Å². The zero-order chi connectivity index (χ0) is 58.6. The van der Waals surface area contributed by atoms with Gasteiger partial charge in [0.25, 0.3) is 0 Å². The molecule has 6 nitrogen and oxygen atoms in total. The Morgan fingerprint density at radius 1 is 0.302 bits per heavy atom. The molecule has 1 aliphatic rings. The van der Waals surface area contributed by atoms with Crippen molar-refractivity contribution in [1.82, 2.24) is 9.13 Å². The van der Waals surface area contributed by atoms with Crippen LogP contribution in [0, 0.1) is 0 Å². The summed E-state index contributed by atoms with van der Waals surface area (Å²) >= 11 is 3.44. The molecule has 0 unspecified atom stereocenters. The van der Waals surface area contributed by atoms with Crippen LogP contribution < -0.4 is 16.1 Å². The summed E-state index contributed by atoms with van der Waals surface area (Å²) in [5, 5.41) is 11.9. The lowest BCUT2D eigenvalue weighted by molar-refractivity contribution is 0.00578. The molecule has 0 saturated carbocycles. The number of hydrogen-bond donors (Lipinski definition) is 2. The molecule has 3 heterocycles. The molecule has 14 aromatic rings. The molecule has 0 amide bonds. The molecular weight excluding hydrogens is 1120 g/mol. The van der Waals surface area contributed by atoms with Crippen LogP contribution in [0.4, 0.5) is 22.7 Å². The molecule has 0 bridgehead atoms. The van der Waals surface area contributed by atoms with Gasteiger partial charge in [-0.25, -0.2) is 0 Å². The van der Waals surface area contributed by atoms with Gasteiger partial charge in [-0.2, -0.15) is 0 Å². The molecule has 12 aromatic carbocycles. The average molecular weight is 1180 g/mol. The number of fused-ring (bicyclic) bond motifs is 6. The number of rotatable bonds is 10. The number of para-hydroxylation sites is 4. The van der Waals surface area contributed by atoms with Crippen LogP contribution in [-0.4, -0.2) is 27.5 Å². The number of aromatic nitrogens is 2. The van der Waals surface area contributed by atoms with Gasteiger partial charge in [0.2, 0.25) is 0 Å². The van der Waals surface area contributed by atoms with Crippen molar-refractivity contribution in [2.45, 2.75) is 38.9 Å². The van der Waals surface area contributed by atoms with Crippen molar-refractivity contribution in [2.24, 2.45) is 0 Å². The van der Waals surface area contributed by atoms with Crippen molar-refractivity contribution in [2.75, 3.05) is 10.6 Å². The number of halogens is 1. The van der Waals surface area contributed by atoms with E-state index < -0.39 is 0 Å². The van der Waals surface area contributed by atoms with E-state index in [1.54, 1.807) is 0 Å². The van der Waals surface area contributed by atoms with E-state index in [0.29, 0.717) is 0 Å². The van der Waals surface area contributed by atoms with Gasteiger partial charge in [0.1, 0.15) is 0 Å². The van der Waals surface area contributed by atoms with Crippen molar-refractivity contribution in [3.8, 4) is 44.8 Å². The fourth-order valence-electron chi connectivity index (χ4n) is 11.3. The zero-order valence-corrected chi connectivity index (χ0v) is 50.1. The first-order valence-corrected chi connectivity index (χ1v) is 30.1. The minimum atomic E-state index is -0.353. The van der Waals surface area contributed by atoms with Crippen molar-refractivity contribution in [3.05, 3.63) is 308 Å². The highest BCUT2D eigenvalue weighted by Crippen LogP contribution is 2.39. The SMILES string of the molecule is Brc1ccc(Nc2ccc(-c3ccccc3)cc2)cc1.CC1(C)OB(c2ccc3c(c2)c2ccccc2n3-c2ccccc2)OC1(C)C.c1ccc(-c2ccc(Nc3ccc(-c4ccc5c(c4)c4ccccc4n5-c4ccccc4)cc3)cc2)cc1. The maximum atomic E-state index is 6.27. The average Bonchev–Trinajstić information content (AvgIpc) is 1.81. The predicted octanol–water partition coefficient (Wildman–Crippen LogP) is 20.8. The lowest BCUT2D eigenvalue weighted by atomic mass is 9.78. The van der Waals surface area contributed by atoms with Gasteiger partial charge in [0.05, 0.1) is 33.3 Å². The molecular formula is C78H64BBrN4O2. The van der Waals surface area contributed by atoms with Crippen molar-refractivity contribution >= 4 is 94.9 Å². The lowest BCUT2D eigenvalue weighted by Gasteiger charge is -2.32. The Labute approximate surface area is 512 Å². The Morgan fingerprint density at radius 3 is 1.05 bits per heavy atom. The van der Waals surface area contributed by atoms with E-state index in [9.17, 15) is 0 Å². The van der Waals surface area contributed by atoms with Gasteiger partial charge < -0.3 is 29.1 Å². The maximum absolute atomic E-state index is 6.27. The first-order chi connectivity index (χ1) is 42.0. The third-order valence-corrected chi connectivity index (χ3v) is 17.1. The first kappa shape index (κ1) is 55.5. The summed E-state index contributed by atoms with van der Waals surface area (Å²) < 4.78 is 18.3. The Morgan fingerprint density at radius 2 is 0.616 bits per heavy atom. The van der Waals surface area contributed by atoms with Crippen LogP contribution in [0.3, 0.4) is 0 Å². The van der Waals surface area contributed by atoms with E-state index in [1.807, 2.05) is 30.3 Å². The van der Waals surface area contributed by atoms with Gasteiger partial charge in [0, 0.05) is 60.1 Å². The van der Waals surface area contributed by atoms with Crippen molar-refractivity contribution in [1.29, 1.82) is 0 Å². The number of anilines is 4. The Hall–Kier alpha value is -9.70. The molecule has 0 radical (unpaired) electrons. The van der Waals surface area contributed by atoms with Crippen LogP contribution in [0.2, 0.25) is 0 Å². The predicted molar refractivity (Wildman–Crippen MR) is 367 cm³/mol. The molecule has 2 aromatic heterocycles. The number of hydrogen-bond acceptors (Lipinski definition) is 4. The molecule has 0 spiro atoms. The fourth-order valence-corrected chi connectivity index (χ4v) is 11.6. The monoisotopic (exact) mass is 1180 g/mol. The number of benzene rings is 12. The molecule has 15 rings (SSSR count). The van der Waals surface area contributed by atoms with E-state index in [1.165, 1.54) is 82.7 Å². The Balaban J connectivity index is 0.000000126. The molecule has 2 N–H and O–H groups in total. The van der Waals surface area contributed by atoms with Crippen LogP contribution in [-0.2, 0) is 9.31 Å². The van der Waals surface area contributed by atoms with E-state index in [0.717, 1.165) is 38.4 Å². The van der Waals surface area contributed by atoms with Gasteiger partial charge in [0.15, 0.2) is 0 Å². The normalized spacial score (nSPS) is 13.2. The summed E-state index contributed by atoms with van der Waals surface area (Å²) in [6.07, 6.45) is 0. The maximum Gasteiger partial charge on any atom is 0.494 e. The second-order valence-corrected chi connectivity index (χ2v) is 23.6. The third-order valence-electron chi connectivity index (χ3n) is 16.5. The van der Waals surface area contributed by atoms with Crippen molar-refractivity contribution in [3.63, 3.8) is 0 Å². The smallest absolute Gasteiger partial charge is 0.399 e. The molecule has 0 atom stereocenters. The minimum absolute atomic E-state index is 0.343. The second kappa shape index (κ2) is 24.1. The molecule has 1 aliphatic heterocycles. The summed E-state index contributed by atoms with van der Waals surface area (Å²) in [7, 11) is -0.353. The van der Waals surface area contributed by atoms with Gasteiger partial charge >= 0.3 is 7.12 Å². The number of nitrogens with one attached hydrogen (secondary N) is 2. The fraction of sp³-hybridized carbons (Fsp3) is 0.0769. The molecule has 1 saturated heterocycles. The Bertz CT molecular complexity index is 4590. The quantitative estimate of drug-likeness (QED) is 0.134. The van der Waals surface area contributed by atoms with Crippen molar-refractivity contribution < 1.29 is 9.31 Å². The summed E-state index contributed by atoms with van der Waals surface area (Å²) in [6.45, 7) is 8.36. The van der Waals surface area contributed by atoms with Crippen LogP contribution in [0.1, 0.15) is 27.7 Å². The lowest BCUT2D eigenvalue weighted by Crippen LogP contribution is -2.41. The van der Waals surface area contributed by atoms with Crippen LogP contribution >= 0.6 is 15.9 Å². The largest absolute Gasteiger partial charge is 0.494 e. The molecule has 8 heteroatoms. The summed E-state index contributed by atoms with van der Waals surface area (Å²) in [5.41, 5.74) is 19.2. The van der Waals surface area contributed by atoms with Gasteiger partial charge in [-0.3, -0.25) is 0 Å². The second-order valence-electron chi connectivity index (χ2n) is 22.7. The highest BCUT2D eigenvalue weighted by molar-refractivity contribution is 9.10. The zero-order valence-electron chi connectivity index (χ0n) is 48.5. The van der Waals surface area contributed by atoms with Gasteiger partial charge in [-0.15, -0.1) is 0 Å². The Kier molecular flexibility index (Phi) is 15.6. The van der Waals surface area contributed by atoms with Crippen LogP contribution in [0.25, 0.3) is 88.4 Å². The third kappa shape index (κ3) is 11.6. The van der Waals surface area contributed by atoms with E-state index in [-0.39, 0.29) is 18.3 Å². The van der Waals surface area contributed by atoms with E-state index in [4.69, 9.17) is 9.31 Å². The molecule has 1 fully saturated rings. The van der Waals surface area contributed by atoms with Gasteiger partial charge in [-0.1, -0.05) is 204 Å². The standard InChI is InChI=1S/C36H26N2.C24H24BNO2.C18H14BrN/c1-3-9-26(10-4-1)27-15-20-30(21-16-27)37-31-22-17-28(18-23-31)29-19-24-36-34(25-29)33-13-7-8-14-35(33)38(36)32-11-5-2-6-12-32;1-23(2)24(3,4)28-25(27-23)17-14-15-22-20(16-17)19-12-8-9-13-21(19)26(22)18-10-6-5-7-11-18;19-16-8-12-18(13-9-16)20-17-10-6-15(7-11-17)14-4-2-1-3-5-14/h1-25,37H;5-16H,1-4H3;1-13,20H. The summed E-state index contributed by atoms with van der Waals surface area (Å²) in [6, 6.07) is 106. The summed E-state index contributed by atoms with van der Waals surface area (Å²) in [4.78, 5) is 0.